The van der Waals surface area contributed by atoms with Gasteiger partial charge in [-0.15, -0.1) is 11.6 Å². The Balaban J connectivity index is 2.56. The quantitative estimate of drug-likeness (QED) is 0.626. The molecule has 0 bridgehead atoms. The molecule has 1 aliphatic carbocycles. The van der Waals surface area contributed by atoms with Crippen molar-refractivity contribution in [3.63, 3.8) is 0 Å². The third-order valence-corrected chi connectivity index (χ3v) is 4.23. The van der Waals surface area contributed by atoms with Crippen LogP contribution in [0.4, 0.5) is 0 Å². The summed E-state index contributed by atoms with van der Waals surface area (Å²) >= 11 is 6.34. The number of hydrogen-bond donors (Lipinski definition) is 0. The number of halogens is 1. The first-order valence-corrected chi connectivity index (χ1v) is 5.62. The van der Waals surface area contributed by atoms with Crippen LogP contribution >= 0.6 is 11.6 Å². The summed E-state index contributed by atoms with van der Waals surface area (Å²) in [6.45, 7) is 6.69. The first-order chi connectivity index (χ1) is 5.99. The lowest BCUT2D eigenvalue weighted by molar-refractivity contribution is -0.0342. The molecule has 0 spiro atoms. The Kier molecular flexibility index (Phi) is 3.64. The van der Waals surface area contributed by atoms with Gasteiger partial charge < -0.3 is 4.74 Å². The Labute approximate surface area is 86.8 Å². The van der Waals surface area contributed by atoms with Crippen LogP contribution in [-0.2, 0) is 4.74 Å². The molecule has 2 heteroatoms. The van der Waals surface area contributed by atoms with Gasteiger partial charge in [0.1, 0.15) is 0 Å². The van der Waals surface area contributed by atoms with E-state index in [1.54, 1.807) is 7.11 Å². The number of alkyl halides is 1. The van der Waals surface area contributed by atoms with Gasteiger partial charge in [0.25, 0.3) is 0 Å². The minimum absolute atomic E-state index is 0.0903. The second-order valence-corrected chi connectivity index (χ2v) is 5.29. The van der Waals surface area contributed by atoms with Gasteiger partial charge in [0.15, 0.2) is 0 Å². The molecule has 78 valence electrons. The van der Waals surface area contributed by atoms with Gasteiger partial charge in [-0.25, -0.2) is 0 Å². The summed E-state index contributed by atoms with van der Waals surface area (Å²) in [7, 11) is 1.77. The number of hydrogen-bond acceptors (Lipinski definition) is 1. The van der Waals surface area contributed by atoms with Gasteiger partial charge >= 0.3 is 0 Å². The first-order valence-electron chi connectivity index (χ1n) is 5.19. The van der Waals surface area contributed by atoms with Crippen molar-refractivity contribution in [1.29, 1.82) is 0 Å². The monoisotopic (exact) mass is 204 g/mol. The fraction of sp³-hybridized carbons (Fsp3) is 1.00. The van der Waals surface area contributed by atoms with Gasteiger partial charge in [-0.05, 0) is 38.0 Å². The lowest BCUT2D eigenvalue weighted by atomic mass is 9.75. The van der Waals surface area contributed by atoms with E-state index in [4.69, 9.17) is 16.3 Å². The van der Waals surface area contributed by atoms with Gasteiger partial charge in [0.2, 0.25) is 0 Å². The van der Waals surface area contributed by atoms with Crippen LogP contribution in [0, 0.1) is 11.8 Å². The Morgan fingerprint density at radius 1 is 1.46 bits per heavy atom. The van der Waals surface area contributed by atoms with E-state index < -0.39 is 0 Å². The van der Waals surface area contributed by atoms with Gasteiger partial charge in [0, 0.05) is 7.11 Å². The molecule has 0 amide bonds. The number of rotatable bonds is 2. The molecule has 0 aliphatic heterocycles. The van der Waals surface area contributed by atoms with Gasteiger partial charge in [0.05, 0.1) is 11.0 Å². The normalized spacial score (nSPS) is 41.1. The maximum absolute atomic E-state index is 6.34. The molecule has 0 radical (unpaired) electrons. The Hall–Kier alpha value is 0.250. The molecule has 0 saturated heterocycles. The van der Waals surface area contributed by atoms with Crippen LogP contribution in [0.2, 0.25) is 0 Å². The smallest absolute Gasteiger partial charge is 0.0813 e. The third-order valence-electron chi connectivity index (χ3n) is 3.59. The Morgan fingerprint density at radius 3 is 2.46 bits per heavy atom. The largest absolute Gasteiger partial charge is 0.377 e. The second-order valence-electron chi connectivity index (χ2n) is 4.76. The van der Waals surface area contributed by atoms with Crippen molar-refractivity contribution >= 4 is 11.6 Å². The van der Waals surface area contributed by atoms with Crippen LogP contribution in [0.25, 0.3) is 0 Å². The molecule has 1 aliphatic rings. The standard InChI is InChI=1S/C11H21ClO/c1-8(2)9-5-6-11(3,13-4)10(12)7-9/h8-10H,5-7H2,1-4H3/t9-,10+,11+/m1/s1. The van der Waals surface area contributed by atoms with E-state index in [0.717, 1.165) is 24.7 Å². The summed E-state index contributed by atoms with van der Waals surface area (Å²) in [5.41, 5.74) is -0.0903. The molecule has 1 saturated carbocycles. The van der Waals surface area contributed by atoms with Crippen molar-refractivity contribution in [3.8, 4) is 0 Å². The van der Waals surface area contributed by atoms with Crippen LogP contribution in [-0.4, -0.2) is 18.1 Å². The van der Waals surface area contributed by atoms with E-state index in [9.17, 15) is 0 Å². The molecule has 0 N–H and O–H groups in total. The molecule has 0 heterocycles. The maximum Gasteiger partial charge on any atom is 0.0813 e. The fourth-order valence-electron chi connectivity index (χ4n) is 2.10. The minimum Gasteiger partial charge on any atom is -0.377 e. The molecule has 0 aromatic heterocycles. The van der Waals surface area contributed by atoms with Crippen LogP contribution in [0.3, 0.4) is 0 Å². The summed E-state index contributed by atoms with van der Waals surface area (Å²) in [6, 6.07) is 0. The van der Waals surface area contributed by atoms with E-state index in [0.29, 0.717) is 0 Å². The highest BCUT2D eigenvalue weighted by molar-refractivity contribution is 6.21. The van der Waals surface area contributed by atoms with Gasteiger partial charge in [-0.2, -0.15) is 0 Å². The highest BCUT2D eigenvalue weighted by Crippen LogP contribution is 2.40. The van der Waals surface area contributed by atoms with E-state index in [2.05, 4.69) is 20.8 Å². The SMILES string of the molecule is CO[C@@]1(C)CC[C@@H](C(C)C)C[C@@H]1Cl. The topological polar surface area (TPSA) is 9.23 Å². The van der Waals surface area contributed by atoms with E-state index in [-0.39, 0.29) is 11.0 Å². The maximum atomic E-state index is 6.34. The van der Waals surface area contributed by atoms with Crippen molar-refractivity contribution in [2.45, 2.75) is 51.0 Å². The highest BCUT2D eigenvalue weighted by Gasteiger charge is 2.39. The van der Waals surface area contributed by atoms with Gasteiger partial charge in [-0.3, -0.25) is 0 Å². The Bertz CT molecular complexity index is 169. The molecule has 1 fully saturated rings. The fourth-order valence-corrected chi connectivity index (χ4v) is 2.52. The van der Waals surface area contributed by atoms with Crippen molar-refractivity contribution in [1.82, 2.24) is 0 Å². The summed E-state index contributed by atoms with van der Waals surface area (Å²) in [4.78, 5) is 0. The van der Waals surface area contributed by atoms with Crippen LogP contribution < -0.4 is 0 Å². The zero-order valence-electron chi connectivity index (χ0n) is 9.14. The van der Waals surface area contributed by atoms with Crippen molar-refractivity contribution in [3.05, 3.63) is 0 Å². The van der Waals surface area contributed by atoms with E-state index in [1.807, 2.05) is 0 Å². The third kappa shape index (κ3) is 2.38. The minimum atomic E-state index is -0.0903. The molecule has 0 aromatic carbocycles. The molecule has 1 rings (SSSR count). The summed E-state index contributed by atoms with van der Waals surface area (Å²) in [5, 5.41) is 0.179. The molecule has 0 aromatic rings. The van der Waals surface area contributed by atoms with Crippen LogP contribution in [0.15, 0.2) is 0 Å². The molecular formula is C11H21ClO. The van der Waals surface area contributed by atoms with E-state index in [1.165, 1.54) is 6.42 Å². The van der Waals surface area contributed by atoms with Crippen molar-refractivity contribution < 1.29 is 4.74 Å². The van der Waals surface area contributed by atoms with Crippen LogP contribution in [0.5, 0.6) is 0 Å². The summed E-state index contributed by atoms with van der Waals surface area (Å²) < 4.78 is 5.49. The first kappa shape index (κ1) is 11.3. The molecule has 13 heavy (non-hydrogen) atoms. The molecule has 0 unspecified atom stereocenters. The summed E-state index contributed by atoms with van der Waals surface area (Å²) in [6.07, 6.45) is 3.45. The highest BCUT2D eigenvalue weighted by atomic mass is 35.5. The lowest BCUT2D eigenvalue weighted by Crippen LogP contribution is -2.43. The average Bonchev–Trinajstić information content (AvgIpc) is 2.09. The number of methoxy groups -OCH3 is 1. The van der Waals surface area contributed by atoms with Crippen molar-refractivity contribution in [2.75, 3.05) is 7.11 Å². The van der Waals surface area contributed by atoms with Gasteiger partial charge in [-0.1, -0.05) is 13.8 Å². The molecular weight excluding hydrogens is 184 g/mol. The zero-order valence-corrected chi connectivity index (χ0v) is 9.90. The van der Waals surface area contributed by atoms with Crippen LogP contribution in [0.1, 0.15) is 40.0 Å². The summed E-state index contributed by atoms with van der Waals surface area (Å²) in [5.74, 6) is 1.54. The predicted octanol–water partition coefficient (Wildman–Crippen LogP) is 3.46. The predicted molar refractivity (Wildman–Crippen MR) is 57.2 cm³/mol. The van der Waals surface area contributed by atoms with E-state index >= 15 is 0 Å². The molecule has 1 nitrogen and oxygen atoms in total. The lowest BCUT2D eigenvalue weighted by Gasteiger charge is -2.41. The number of ether oxygens (including phenoxy) is 1. The van der Waals surface area contributed by atoms with Crippen molar-refractivity contribution in [2.24, 2.45) is 11.8 Å². The zero-order chi connectivity index (χ0) is 10.1. The second kappa shape index (κ2) is 4.18. The average molecular weight is 205 g/mol. The Morgan fingerprint density at radius 2 is 2.08 bits per heavy atom. The molecule has 3 atom stereocenters.